The van der Waals surface area contributed by atoms with Crippen LogP contribution in [0.4, 0.5) is 5.69 Å². The third-order valence-corrected chi connectivity index (χ3v) is 5.98. The lowest BCUT2D eigenvalue weighted by Gasteiger charge is -2.22. The Morgan fingerprint density at radius 1 is 0.912 bits per heavy atom. The van der Waals surface area contributed by atoms with Gasteiger partial charge < -0.3 is 19.4 Å². The highest BCUT2D eigenvalue weighted by Gasteiger charge is 2.17. The smallest absolute Gasteiger partial charge is 0.323 e. The van der Waals surface area contributed by atoms with Crippen molar-refractivity contribution < 1.29 is 9.47 Å². The first kappa shape index (κ1) is 23.4. The molecule has 0 spiro atoms. The highest BCUT2D eigenvalue weighted by Crippen LogP contribution is 2.31. The summed E-state index contributed by atoms with van der Waals surface area (Å²) in [5, 5.41) is 0. The summed E-state index contributed by atoms with van der Waals surface area (Å²) in [5.74, 6) is 1.33. The third-order valence-electron chi connectivity index (χ3n) is 5.98. The van der Waals surface area contributed by atoms with E-state index in [2.05, 4.69) is 61.7 Å². The molecule has 0 aliphatic rings. The number of hydrogen-bond acceptors (Lipinski definition) is 4. The predicted molar refractivity (Wildman–Crippen MR) is 138 cm³/mol. The van der Waals surface area contributed by atoms with Crippen LogP contribution in [-0.2, 0) is 12.0 Å². The van der Waals surface area contributed by atoms with Crippen LogP contribution >= 0.6 is 0 Å². The number of fused-ring (bicyclic) bond motifs is 1. The number of imidazole rings is 1. The third kappa shape index (κ3) is 5.06. The summed E-state index contributed by atoms with van der Waals surface area (Å²) in [7, 11) is 1.63. The van der Waals surface area contributed by atoms with E-state index in [0.717, 1.165) is 22.3 Å². The lowest BCUT2D eigenvalue weighted by molar-refractivity contribution is 0.283. The first-order chi connectivity index (χ1) is 16.1. The first-order valence-corrected chi connectivity index (χ1v) is 11.3. The maximum absolute atomic E-state index is 11.4. The van der Waals surface area contributed by atoms with Crippen LogP contribution in [0.3, 0.4) is 0 Å². The molecule has 6 heteroatoms. The van der Waals surface area contributed by atoms with Crippen molar-refractivity contribution in [3.05, 3.63) is 86.8 Å². The number of aromatic nitrogens is 2. The number of methoxy groups -OCH3 is 1. The zero-order valence-corrected chi connectivity index (χ0v) is 20.6. The molecule has 3 aromatic carbocycles. The van der Waals surface area contributed by atoms with E-state index in [0.29, 0.717) is 18.1 Å². The number of aromatic amines is 2. The Labute approximate surface area is 199 Å². The summed E-state index contributed by atoms with van der Waals surface area (Å²) in [5.41, 5.74) is 7.97. The maximum atomic E-state index is 11.4. The zero-order valence-electron chi connectivity index (χ0n) is 20.6. The van der Waals surface area contributed by atoms with Crippen LogP contribution in [0, 0.1) is 13.8 Å². The first-order valence-electron chi connectivity index (χ1n) is 11.3. The minimum absolute atomic E-state index is 0.111. The van der Waals surface area contributed by atoms with Crippen LogP contribution in [0.25, 0.3) is 11.0 Å². The van der Waals surface area contributed by atoms with Crippen molar-refractivity contribution in [3.8, 4) is 11.5 Å². The molecule has 2 N–H and O–H groups in total. The van der Waals surface area contributed by atoms with Gasteiger partial charge >= 0.3 is 5.69 Å². The number of nitrogens with zero attached hydrogens (tertiary/aromatic N) is 1. The van der Waals surface area contributed by atoms with Gasteiger partial charge in [0, 0.05) is 6.21 Å². The Morgan fingerprint density at radius 2 is 1.62 bits per heavy atom. The molecule has 6 nitrogen and oxygen atoms in total. The Hall–Kier alpha value is -3.80. The zero-order chi connectivity index (χ0) is 24.5. The van der Waals surface area contributed by atoms with Gasteiger partial charge in [-0.25, -0.2) is 4.79 Å². The van der Waals surface area contributed by atoms with Gasteiger partial charge in [0.15, 0.2) is 11.5 Å². The summed E-state index contributed by atoms with van der Waals surface area (Å²) in [6.45, 7) is 11.4. The highest BCUT2D eigenvalue weighted by molar-refractivity contribution is 5.85. The van der Waals surface area contributed by atoms with Crippen molar-refractivity contribution in [1.29, 1.82) is 0 Å². The van der Waals surface area contributed by atoms with Crippen LogP contribution < -0.4 is 15.2 Å². The number of benzene rings is 3. The van der Waals surface area contributed by atoms with Gasteiger partial charge in [-0.3, -0.25) is 4.99 Å². The number of aryl methyl sites for hydroxylation is 2. The van der Waals surface area contributed by atoms with E-state index >= 15 is 0 Å². The van der Waals surface area contributed by atoms with E-state index in [1.54, 1.807) is 13.3 Å². The van der Waals surface area contributed by atoms with E-state index in [-0.39, 0.29) is 11.1 Å². The van der Waals surface area contributed by atoms with Crippen molar-refractivity contribution >= 4 is 22.9 Å². The molecule has 0 unspecified atom stereocenters. The summed E-state index contributed by atoms with van der Waals surface area (Å²) in [4.78, 5) is 21.4. The highest BCUT2D eigenvalue weighted by atomic mass is 16.5. The van der Waals surface area contributed by atoms with Crippen LogP contribution in [0.2, 0.25) is 0 Å². The lowest BCUT2D eigenvalue weighted by atomic mass is 9.84. The number of hydrogen-bond donors (Lipinski definition) is 2. The summed E-state index contributed by atoms with van der Waals surface area (Å²) >= 11 is 0. The van der Waals surface area contributed by atoms with E-state index in [9.17, 15) is 4.79 Å². The van der Waals surface area contributed by atoms with E-state index in [1.165, 1.54) is 22.3 Å². The van der Waals surface area contributed by atoms with Crippen LogP contribution in [0.15, 0.2) is 58.3 Å². The molecule has 0 saturated carbocycles. The molecule has 4 rings (SSSR count). The quantitative estimate of drug-likeness (QED) is 0.343. The van der Waals surface area contributed by atoms with Crippen molar-refractivity contribution in [2.24, 2.45) is 4.99 Å². The Bertz CT molecular complexity index is 1400. The van der Waals surface area contributed by atoms with Crippen LogP contribution in [0.1, 0.15) is 48.6 Å². The molecule has 0 fully saturated rings. The van der Waals surface area contributed by atoms with Gasteiger partial charge in [-0.1, -0.05) is 32.9 Å². The Morgan fingerprint density at radius 3 is 2.29 bits per heavy atom. The molecule has 0 bridgehead atoms. The Kier molecular flexibility index (Phi) is 6.33. The molecular weight excluding hydrogens is 426 g/mol. The molecule has 0 aliphatic carbocycles. The molecule has 176 valence electrons. The van der Waals surface area contributed by atoms with Gasteiger partial charge in [-0.2, -0.15) is 0 Å². The molecule has 1 heterocycles. The Balaban J connectivity index is 1.51. The minimum atomic E-state index is -0.230. The van der Waals surface area contributed by atoms with Crippen molar-refractivity contribution in [3.63, 3.8) is 0 Å². The molecule has 4 aromatic rings. The van der Waals surface area contributed by atoms with E-state index < -0.39 is 0 Å². The number of aliphatic imine (C=N–C) groups is 1. The largest absolute Gasteiger partial charge is 0.493 e. The maximum Gasteiger partial charge on any atom is 0.323 e. The molecule has 34 heavy (non-hydrogen) atoms. The fraction of sp³-hybridized carbons (Fsp3) is 0.286. The van der Waals surface area contributed by atoms with Gasteiger partial charge in [0.05, 0.1) is 23.8 Å². The predicted octanol–water partition coefficient (Wildman–Crippen LogP) is 6.11. The normalized spacial score (nSPS) is 11.9. The van der Waals surface area contributed by atoms with Crippen LogP contribution in [0.5, 0.6) is 11.5 Å². The topological polar surface area (TPSA) is 79.5 Å². The summed E-state index contributed by atoms with van der Waals surface area (Å²) in [6, 6.07) is 15.8. The minimum Gasteiger partial charge on any atom is -0.493 e. The number of ether oxygens (including phenoxy) is 2. The fourth-order valence-corrected chi connectivity index (χ4v) is 3.94. The monoisotopic (exact) mass is 457 g/mol. The fourth-order valence-electron chi connectivity index (χ4n) is 3.94. The number of nitrogens with one attached hydrogen (secondary N) is 2. The van der Waals surface area contributed by atoms with E-state index in [1.807, 2.05) is 36.4 Å². The number of rotatable bonds is 6. The van der Waals surface area contributed by atoms with Gasteiger partial charge in [0.25, 0.3) is 0 Å². The van der Waals surface area contributed by atoms with Gasteiger partial charge in [0.2, 0.25) is 0 Å². The molecule has 0 saturated heterocycles. The molecular formula is C28H31N3O3. The average Bonchev–Trinajstić information content (AvgIpc) is 3.16. The molecule has 0 radical (unpaired) electrons. The SMILES string of the molecule is COc1cc(C=Nc2ccc3[nH]c(=O)[nH]c3c2)ccc1OCc1c(C)cc(C(C)(C)C)cc1C. The summed E-state index contributed by atoms with van der Waals surface area (Å²) in [6.07, 6.45) is 1.76. The van der Waals surface area contributed by atoms with Crippen molar-refractivity contribution in [1.82, 2.24) is 9.97 Å². The molecule has 0 aliphatic heterocycles. The second kappa shape index (κ2) is 9.21. The number of H-pyrrole nitrogens is 2. The standard InChI is InChI=1S/C28H31N3O3/c1-17-11-20(28(3,4)5)12-18(2)22(17)16-34-25-10-7-19(13-26(25)33-6)15-29-21-8-9-23-24(14-21)31-27(32)30-23/h7-15H,16H2,1-6H3,(H2,30,31,32). The second-order valence-corrected chi connectivity index (χ2v) is 9.60. The molecule has 0 atom stereocenters. The lowest BCUT2D eigenvalue weighted by Crippen LogP contribution is -2.13. The van der Waals surface area contributed by atoms with Crippen LogP contribution in [-0.4, -0.2) is 23.3 Å². The summed E-state index contributed by atoms with van der Waals surface area (Å²) < 4.78 is 11.7. The second-order valence-electron chi connectivity index (χ2n) is 9.60. The van der Waals surface area contributed by atoms with Gasteiger partial charge in [-0.05, 0) is 83.5 Å². The average molecular weight is 458 g/mol. The van der Waals surface area contributed by atoms with E-state index in [4.69, 9.17) is 9.47 Å². The molecule has 0 amide bonds. The van der Waals surface area contributed by atoms with Crippen molar-refractivity contribution in [2.75, 3.05) is 7.11 Å². The van der Waals surface area contributed by atoms with Gasteiger partial charge in [0.1, 0.15) is 6.61 Å². The van der Waals surface area contributed by atoms with Gasteiger partial charge in [-0.15, -0.1) is 0 Å². The molecule has 1 aromatic heterocycles. The van der Waals surface area contributed by atoms with Crippen molar-refractivity contribution in [2.45, 2.75) is 46.6 Å².